The Labute approximate surface area is 105 Å². The quantitative estimate of drug-likeness (QED) is 0.586. The minimum Gasteiger partial charge on any atom is -0.172 e. The molecular weight excluding hydrogens is 220 g/mol. The molecule has 0 aromatic carbocycles. The third kappa shape index (κ3) is 1.86. The summed E-state index contributed by atoms with van der Waals surface area (Å²) in [6.07, 6.45) is 6.56. The number of thiol groups is 2. The molecule has 0 radical (unpaired) electrons. The Hall–Kier alpha value is 0.700. The topological polar surface area (TPSA) is 0 Å². The van der Waals surface area contributed by atoms with E-state index in [-0.39, 0.29) is 9.49 Å². The van der Waals surface area contributed by atoms with Gasteiger partial charge in [-0.2, -0.15) is 25.3 Å². The van der Waals surface area contributed by atoms with E-state index < -0.39 is 0 Å². The average Bonchev–Trinajstić information content (AvgIpc) is 2.12. The van der Waals surface area contributed by atoms with Gasteiger partial charge < -0.3 is 0 Å². The Morgan fingerprint density at radius 1 is 1.07 bits per heavy atom. The molecule has 0 aliphatic heterocycles. The van der Waals surface area contributed by atoms with E-state index in [1.807, 2.05) is 0 Å². The van der Waals surface area contributed by atoms with Crippen molar-refractivity contribution < 1.29 is 0 Å². The van der Waals surface area contributed by atoms with Gasteiger partial charge >= 0.3 is 0 Å². The SMILES string of the molecule is CC1CCC2[C@](S)(CCC[C@@]2(C)S)C1C. The average molecular weight is 244 g/mol. The number of hydrogen-bond donors (Lipinski definition) is 2. The summed E-state index contributed by atoms with van der Waals surface area (Å²) in [6.45, 7) is 7.12. The van der Waals surface area contributed by atoms with Crippen molar-refractivity contribution in [3.8, 4) is 0 Å². The van der Waals surface area contributed by atoms with Crippen molar-refractivity contribution in [3.05, 3.63) is 0 Å². The van der Waals surface area contributed by atoms with Crippen LogP contribution in [0.2, 0.25) is 0 Å². The summed E-state index contributed by atoms with van der Waals surface area (Å²) in [5.74, 6) is 2.28. The Morgan fingerprint density at radius 3 is 2.40 bits per heavy atom. The lowest BCUT2D eigenvalue weighted by Gasteiger charge is -2.57. The van der Waals surface area contributed by atoms with Crippen LogP contribution in [0.5, 0.6) is 0 Å². The normalized spacial score (nSPS) is 56.2. The van der Waals surface area contributed by atoms with Crippen molar-refractivity contribution in [1.82, 2.24) is 0 Å². The highest BCUT2D eigenvalue weighted by Gasteiger charge is 2.53. The maximum absolute atomic E-state index is 5.09. The predicted molar refractivity (Wildman–Crippen MR) is 74.0 cm³/mol. The number of fused-ring (bicyclic) bond motifs is 1. The van der Waals surface area contributed by atoms with Gasteiger partial charge in [0.1, 0.15) is 0 Å². The zero-order valence-corrected chi connectivity index (χ0v) is 12.0. The van der Waals surface area contributed by atoms with Crippen molar-refractivity contribution in [2.45, 2.75) is 62.4 Å². The smallest absolute Gasteiger partial charge is 0.0199 e. The highest BCUT2D eigenvalue weighted by molar-refractivity contribution is 7.83. The molecule has 0 spiro atoms. The van der Waals surface area contributed by atoms with Crippen LogP contribution in [0.3, 0.4) is 0 Å². The standard InChI is InChI=1S/C13H24S2/c1-9-5-6-11-12(3,14)7-4-8-13(11,15)10(9)2/h9-11,14-15H,4-8H2,1-3H3/t9?,10?,11?,12-,13+/m1/s1. The first-order valence-electron chi connectivity index (χ1n) is 6.32. The van der Waals surface area contributed by atoms with Crippen molar-refractivity contribution in [2.24, 2.45) is 17.8 Å². The first-order chi connectivity index (χ1) is 6.88. The highest BCUT2D eigenvalue weighted by atomic mass is 32.1. The predicted octanol–water partition coefficient (Wildman–Crippen LogP) is 4.21. The maximum Gasteiger partial charge on any atom is 0.0199 e. The molecule has 15 heavy (non-hydrogen) atoms. The number of rotatable bonds is 0. The van der Waals surface area contributed by atoms with Crippen LogP contribution in [-0.4, -0.2) is 9.49 Å². The molecule has 88 valence electrons. The molecule has 0 amide bonds. The van der Waals surface area contributed by atoms with Gasteiger partial charge in [-0.1, -0.05) is 33.6 Å². The Balaban J connectivity index is 2.29. The van der Waals surface area contributed by atoms with Crippen LogP contribution in [0, 0.1) is 17.8 Å². The fourth-order valence-corrected chi connectivity index (χ4v) is 5.34. The number of hydrogen-bond acceptors (Lipinski definition) is 2. The molecule has 2 aliphatic rings. The van der Waals surface area contributed by atoms with Gasteiger partial charge in [-0.15, -0.1) is 0 Å². The first kappa shape index (κ1) is 12.2. The molecular formula is C13H24S2. The highest BCUT2D eigenvalue weighted by Crippen LogP contribution is 2.57. The van der Waals surface area contributed by atoms with E-state index in [1.165, 1.54) is 32.1 Å². The maximum atomic E-state index is 5.09. The van der Waals surface area contributed by atoms with Crippen molar-refractivity contribution in [1.29, 1.82) is 0 Å². The second-order valence-electron chi connectivity index (χ2n) is 6.10. The first-order valence-corrected chi connectivity index (χ1v) is 7.22. The van der Waals surface area contributed by atoms with Crippen molar-refractivity contribution in [2.75, 3.05) is 0 Å². The van der Waals surface area contributed by atoms with Gasteiger partial charge in [0.05, 0.1) is 0 Å². The lowest BCUT2D eigenvalue weighted by Crippen LogP contribution is -2.55. The van der Waals surface area contributed by atoms with Crippen molar-refractivity contribution in [3.63, 3.8) is 0 Å². The summed E-state index contributed by atoms with van der Waals surface area (Å²) in [7, 11) is 0. The van der Waals surface area contributed by atoms with Crippen molar-refractivity contribution >= 4 is 25.3 Å². The molecule has 2 heteroatoms. The summed E-state index contributed by atoms with van der Waals surface area (Å²) >= 11 is 10.0. The van der Waals surface area contributed by atoms with E-state index in [9.17, 15) is 0 Å². The molecule has 0 nitrogen and oxygen atoms in total. The molecule has 5 atom stereocenters. The van der Waals surface area contributed by atoms with E-state index in [2.05, 4.69) is 20.8 Å². The van der Waals surface area contributed by atoms with E-state index in [0.717, 1.165) is 11.8 Å². The lowest BCUT2D eigenvalue weighted by atomic mass is 9.58. The molecule has 0 heterocycles. The molecule has 2 saturated carbocycles. The Morgan fingerprint density at radius 2 is 1.73 bits per heavy atom. The second-order valence-corrected chi connectivity index (χ2v) is 7.95. The minimum atomic E-state index is 0.217. The molecule has 0 bridgehead atoms. The van der Waals surface area contributed by atoms with Gasteiger partial charge in [0, 0.05) is 9.49 Å². The van der Waals surface area contributed by atoms with Crippen LogP contribution in [0.15, 0.2) is 0 Å². The van der Waals surface area contributed by atoms with Crippen LogP contribution in [0.1, 0.15) is 52.9 Å². The van der Waals surface area contributed by atoms with Gasteiger partial charge in [-0.25, -0.2) is 0 Å². The third-order valence-electron chi connectivity index (χ3n) is 5.17. The van der Waals surface area contributed by atoms with Crippen LogP contribution >= 0.6 is 25.3 Å². The third-order valence-corrected chi connectivity index (χ3v) is 6.64. The van der Waals surface area contributed by atoms with Gasteiger partial charge in [0.15, 0.2) is 0 Å². The molecule has 0 aromatic heterocycles. The van der Waals surface area contributed by atoms with Crippen LogP contribution < -0.4 is 0 Å². The molecule has 0 aromatic rings. The van der Waals surface area contributed by atoms with Gasteiger partial charge in [0.2, 0.25) is 0 Å². The minimum absolute atomic E-state index is 0.217. The van der Waals surface area contributed by atoms with E-state index in [1.54, 1.807) is 0 Å². The van der Waals surface area contributed by atoms with Crippen LogP contribution in [0.25, 0.3) is 0 Å². The summed E-state index contributed by atoms with van der Waals surface area (Å²) in [4.78, 5) is 0. The lowest BCUT2D eigenvalue weighted by molar-refractivity contribution is 0.0826. The van der Waals surface area contributed by atoms with Gasteiger partial charge in [0.25, 0.3) is 0 Å². The molecule has 0 saturated heterocycles. The summed E-state index contributed by atoms with van der Waals surface area (Å²) in [6, 6.07) is 0. The molecule has 2 aliphatic carbocycles. The Kier molecular flexibility index (Phi) is 3.14. The second kappa shape index (κ2) is 3.87. The zero-order chi connectivity index (χ0) is 11.3. The Bertz CT molecular complexity index is 249. The monoisotopic (exact) mass is 244 g/mol. The zero-order valence-electron chi connectivity index (χ0n) is 10.2. The van der Waals surface area contributed by atoms with Crippen LogP contribution in [0.4, 0.5) is 0 Å². The molecule has 2 fully saturated rings. The summed E-state index contributed by atoms with van der Waals surface area (Å²) in [5, 5.41) is 0. The van der Waals surface area contributed by atoms with E-state index in [0.29, 0.717) is 5.92 Å². The van der Waals surface area contributed by atoms with E-state index >= 15 is 0 Å². The summed E-state index contributed by atoms with van der Waals surface area (Å²) < 4.78 is 0.473. The fourth-order valence-electron chi connectivity index (χ4n) is 3.89. The molecule has 0 N–H and O–H groups in total. The van der Waals surface area contributed by atoms with E-state index in [4.69, 9.17) is 25.3 Å². The van der Waals surface area contributed by atoms with Gasteiger partial charge in [-0.05, 0) is 37.0 Å². The van der Waals surface area contributed by atoms with Gasteiger partial charge in [-0.3, -0.25) is 0 Å². The van der Waals surface area contributed by atoms with Crippen LogP contribution in [-0.2, 0) is 0 Å². The summed E-state index contributed by atoms with van der Waals surface area (Å²) in [5.41, 5.74) is 0. The fraction of sp³-hybridized carbons (Fsp3) is 1.00. The molecule has 3 unspecified atom stereocenters. The largest absolute Gasteiger partial charge is 0.172 e. The molecule has 2 rings (SSSR count).